The summed E-state index contributed by atoms with van der Waals surface area (Å²) in [5, 5.41) is 17.7. The van der Waals surface area contributed by atoms with Crippen LogP contribution in [0, 0.1) is 16.7 Å². The molecule has 0 bridgehead atoms. The molecule has 1 aliphatic rings. The quantitative estimate of drug-likeness (QED) is 0.774. The highest BCUT2D eigenvalue weighted by Crippen LogP contribution is 2.50. The number of rotatable bonds is 4. The summed E-state index contributed by atoms with van der Waals surface area (Å²) >= 11 is 0. The lowest BCUT2D eigenvalue weighted by molar-refractivity contribution is 0.260. The zero-order chi connectivity index (χ0) is 10.0. The molecule has 0 aromatic carbocycles. The molecule has 1 aromatic rings. The van der Waals surface area contributed by atoms with Gasteiger partial charge in [0.2, 0.25) is 0 Å². The Labute approximate surface area is 82.8 Å². The van der Waals surface area contributed by atoms with E-state index in [-0.39, 0.29) is 12.0 Å². The van der Waals surface area contributed by atoms with E-state index in [1.807, 2.05) is 10.8 Å². The zero-order valence-electron chi connectivity index (χ0n) is 7.98. The van der Waals surface area contributed by atoms with Crippen molar-refractivity contribution in [3.05, 3.63) is 18.2 Å². The molecular formula is C10H13N3O. The lowest BCUT2D eigenvalue weighted by atomic mass is 10.0. The highest BCUT2D eigenvalue weighted by molar-refractivity contribution is 5.02. The van der Waals surface area contributed by atoms with Crippen LogP contribution in [0.3, 0.4) is 0 Å². The fraction of sp³-hybridized carbons (Fsp3) is 0.600. The standard InChI is InChI=1S/C10H13N3O/c11-4-3-10(1-2-10)8-13-6-5-12-9(13)7-14/h5-6,14H,1-3,7-8H2. The van der Waals surface area contributed by atoms with Gasteiger partial charge in [-0.15, -0.1) is 0 Å². The molecule has 0 unspecified atom stereocenters. The Hall–Kier alpha value is -1.34. The van der Waals surface area contributed by atoms with Gasteiger partial charge in [0.15, 0.2) is 0 Å². The number of aromatic nitrogens is 2. The van der Waals surface area contributed by atoms with Crippen molar-refractivity contribution in [3.63, 3.8) is 0 Å². The number of aliphatic hydroxyl groups is 1. The van der Waals surface area contributed by atoms with Gasteiger partial charge in [0.25, 0.3) is 0 Å². The van der Waals surface area contributed by atoms with Crippen molar-refractivity contribution in [2.45, 2.75) is 32.4 Å². The molecule has 1 N–H and O–H groups in total. The molecule has 74 valence electrons. The summed E-state index contributed by atoms with van der Waals surface area (Å²) in [5.74, 6) is 0.689. The van der Waals surface area contributed by atoms with Crippen LogP contribution >= 0.6 is 0 Å². The summed E-state index contributed by atoms with van der Waals surface area (Å²) in [6.07, 6.45) is 6.39. The van der Waals surface area contributed by atoms with E-state index >= 15 is 0 Å². The van der Waals surface area contributed by atoms with Crippen LogP contribution in [0.25, 0.3) is 0 Å². The van der Waals surface area contributed by atoms with Crippen LogP contribution in [0.5, 0.6) is 0 Å². The minimum Gasteiger partial charge on any atom is -0.388 e. The van der Waals surface area contributed by atoms with E-state index in [4.69, 9.17) is 10.4 Å². The fourth-order valence-electron chi connectivity index (χ4n) is 1.73. The SMILES string of the molecule is N#CCC1(Cn2ccnc2CO)CC1. The first-order valence-electron chi connectivity index (χ1n) is 4.77. The second-order valence-electron chi connectivity index (χ2n) is 3.96. The van der Waals surface area contributed by atoms with Gasteiger partial charge in [0.05, 0.1) is 6.07 Å². The Bertz CT molecular complexity index is 360. The van der Waals surface area contributed by atoms with E-state index in [1.165, 1.54) is 0 Å². The molecule has 1 aliphatic carbocycles. The third-order valence-corrected chi connectivity index (χ3v) is 2.86. The number of nitriles is 1. The number of nitrogens with zero attached hydrogens (tertiary/aromatic N) is 3. The van der Waals surface area contributed by atoms with Crippen LogP contribution in [-0.2, 0) is 13.2 Å². The van der Waals surface area contributed by atoms with E-state index < -0.39 is 0 Å². The van der Waals surface area contributed by atoms with E-state index in [2.05, 4.69) is 11.1 Å². The van der Waals surface area contributed by atoms with Crippen LogP contribution in [0.4, 0.5) is 0 Å². The summed E-state index contributed by atoms with van der Waals surface area (Å²) in [6.45, 7) is 0.784. The van der Waals surface area contributed by atoms with Crippen molar-refractivity contribution in [2.75, 3.05) is 0 Å². The third kappa shape index (κ3) is 1.64. The smallest absolute Gasteiger partial charge is 0.134 e. The topological polar surface area (TPSA) is 61.8 Å². The molecule has 0 amide bonds. The highest BCUT2D eigenvalue weighted by Gasteiger charge is 2.42. The first kappa shape index (κ1) is 9.22. The van der Waals surface area contributed by atoms with Gasteiger partial charge in [0, 0.05) is 30.8 Å². The number of imidazole rings is 1. The zero-order valence-corrected chi connectivity index (χ0v) is 7.98. The first-order valence-corrected chi connectivity index (χ1v) is 4.77. The summed E-state index contributed by atoms with van der Waals surface area (Å²) < 4.78 is 1.95. The molecule has 1 fully saturated rings. The Balaban J connectivity index is 2.08. The van der Waals surface area contributed by atoms with E-state index in [1.54, 1.807) is 6.20 Å². The monoisotopic (exact) mass is 191 g/mol. The summed E-state index contributed by atoms with van der Waals surface area (Å²) in [6, 6.07) is 2.22. The molecule has 14 heavy (non-hydrogen) atoms. The second-order valence-corrected chi connectivity index (χ2v) is 3.96. The van der Waals surface area contributed by atoms with Crippen molar-refractivity contribution in [1.29, 1.82) is 5.26 Å². The Morgan fingerprint density at radius 2 is 2.43 bits per heavy atom. The Morgan fingerprint density at radius 3 is 3.00 bits per heavy atom. The maximum atomic E-state index is 9.01. The Kier molecular flexibility index (Phi) is 2.26. The molecule has 2 rings (SSSR count). The third-order valence-electron chi connectivity index (χ3n) is 2.86. The maximum Gasteiger partial charge on any atom is 0.134 e. The predicted molar refractivity (Wildman–Crippen MR) is 50.0 cm³/mol. The average Bonchev–Trinajstić information content (AvgIpc) is 2.79. The van der Waals surface area contributed by atoms with Gasteiger partial charge in [0.1, 0.15) is 12.4 Å². The normalized spacial score (nSPS) is 17.7. The molecule has 0 atom stereocenters. The van der Waals surface area contributed by atoms with E-state index in [0.717, 1.165) is 19.4 Å². The van der Waals surface area contributed by atoms with Gasteiger partial charge >= 0.3 is 0 Å². The van der Waals surface area contributed by atoms with Gasteiger partial charge in [-0.25, -0.2) is 4.98 Å². The van der Waals surface area contributed by atoms with Crippen molar-refractivity contribution in [1.82, 2.24) is 9.55 Å². The number of aliphatic hydroxyl groups excluding tert-OH is 1. The van der Waals surface area contributed by atoms with Crippen molar-refractivity contribution in [2.24, 2.45) is 5.41 Å². The maximum absolute atomic E-state index is 9.01. The molecule has 0 spiro atoms. The van der Waals surface area contributed by atoms with Gasteiger partial charge in [-0.05, 0) is 12.8 Å². The molecular weight excluding hydrogens is 178 g/mol. The first-order chi connectivity index (χ1) is 6.79. The highest BCUT2D eigenvalue weighted by atomic mass is 16.3. The van der Waals surface area contributed by atoms with Gasteiger partial charge in [-0.2, -0.15) is 5.26 Å². The lowest BCUT2D eigenvalue weighted by Gasteiger charge is -2.13. The van der Waals surface area contributed by atoms with Gasteiger partial charge in [-0.3, -0.25) is 0 Å². The second kappa shape index (κ2) is 3.43. The average molecular weight is 191 g/mol. The lowest BCUT2D eigenvalue weighted by Crippen LogP contribution is -2.13. The number of hydrogen-bond donors (Lipinski definition) is 1. The minimum absolute atomic E-state index is 0.0321. The van der Waals surface area contributed by atoms with Crippen molar-refractivity contribution in [3.8, 4) is 6.07 Å². The van der Waals surface area contributed by atoms with Crippen LogP contribution in [0.15, 0.2) is 12.4 Å². The van der Waals surface area contributed by atoms with Crippen molar-refractivity contribution < 1.29 is 5.11 Å². The van der Waals surface area contributed by atoms with E-state index in [0.29, 0.717) is 12.2 Å². The molecule has 1 saturated carbocycles. The van der Waals surface area contributed by atoms with Crippen molar-refractivity contribution >= 4 is 0 Å². The van der Waals surface area contributed by atoms with Crippen LogP contribution in [0.1, 0.15) is 25.1 Å². The molecule has 0 radical (unpaired) electrons. The van der Waals surface area contributed by atoms with E-state index in [9.17, 15) is 0 Å². The van der Waals surface area contributed by atoms with Crippen LogP contribution in [0.2, 0.25) is 0 Å². The minimum atomic E-state index is -0.0321. The molecule has 4 nitrogen and oxygen atoms in total. The van der Waals surface area contributed by atoms with Gasteiger partial charge < -0.3 is 9.67 Å². The fourth-order valence-corrected chi connectivity index (χ4v) is 1.73. The summed E-state index contributed by atoms with van der Waals surface area (Å²) in [5.41, 5.74) is 0.166. The number of hydrogen-bond acceptors (Lipinski definition) is 3. The molecule has 4 heteroatoms. The molecule has 0 saturated heterocycles. The van der Waals surface area contributed by atoms with Crippen LogP contribution in [-0.4, -0.2) is 14.7 Å². The Morgan fingerprint density at radius 1 is 1.64 bits per heavy atom. The molecule has 1 aromatic heterocycles. The van der Waals surface area contributed by atoms with Gasteiger partial charge in [-0.1, -0.05) is 0 Å². The van der Waals surface area contributed by atoms with Crippen LogP contribution < -0.4 is 0 Å². The summed E-state index contributed by atoms with van der Waals surface area (Å²) in [7, 11) is 0. The predicted octanol–water partition coefficient (Wildman–Crippen LogP) is 1.07. The largest absolute Gasteiger partial charge is 0.388 e. The summed E-state index contributed by atoms with van der Waals surface area (Å²) in [4.78, 5) is 4.04. The molecule has 0 aliphatic heterocycles. The molecule has 1 heterocycles.